The number of aryl methyl sites for hydroxylation is 2. The van der Waals surface area contributed by atoms with Crippen molar-refractivity contribution in [1.29, 1.82) is 0 Å². The first kappa shape index (κ1) is 25.4. The number of hydrogen-bond acceptors (Lipinski definition) is 3. The van der Waals surface area contributed by atoms with Gasteiger partial charge in [0.15, 0.2) is 0 Å². The number of nitrogens with zero attached hydrogens (tertiary/aromatic N) is 2. The van der Waals surface area contributed by atoms with Crippen LogP contribution < -0.4 is 0 Å². The van der Waals surface area contributed by atoms with E-state index >= 15 is 0 Å². The van der Waals surface area contributed by atoms with Crippen LogP contribution in [0.1, 0.15) is 67.7 Å². The summed E-state index contributed by atoms with van der Waals surface area (Å²) in [4.78, 5) is 8.48. The van der Waals surface area contributed by atoms with Gasteiger partial charge < -0.3 is 9.74 Å². The number of benzene rings is 1. The minimum absolute atomic E-state index is 0.251. The van der Waals surface area contributed by atoms with Crippen molar-refractivity contribution in [2.45, 2.75) is 77.2 Å². The molecule has 0 N–H and O–H groups in total. The second-order valence-corrected chi connectivity index (χ2v) is 10.2. The number of allylic oxidation sites excluding steroid dienone is 4. The van der Waals surface area contributed by atoms with Crippen LogP contribution >= 0.6 is 0 Å². The smallest absolute Gasteiger partial charge is 0.125 e. The summed E-state index contributed by atoms with van der Waals surface area (Å²) in [6.07, 6.45) is 14.0. The molecule has 3 heteroatoms. The molecule has 180 valence electrons. The molecule has 1 heterocycles. The molecule has 1 aliphatic carbocycles. The van der Waals surface area contributed by atoms with Gasteiger partial charge in [-0.2, -0.15) is 0 Å². The standard InChI is InChI=1S/C30H44N2O/c1-9-10-13-23(3)32(8)33-24(4)16-18-27-17-15-22(2)29(25(27)5)30-19-12-11-14-28(30)26(6)31(7)21-20-30/h9,11,14-15,17,26,28H,1,3-4,10,12-13,16,18-21H2,2,5-8H3. The van der Waals surface area contributed by atoms with E-state index in [4.69, 9.17) is 4.84 Å². The predicted molar refractivity (Wildman–Crippen MR) is 141 cm³/mol. The summed E-state index contributed by atoms with van der Waals surface area (Å²) in [5.41, 5.74) is 7.14. The molecule has 0 spiro atoms. The fourth-order valence-corrected chi connectivity index (χ4v) is 6.05. The lowest BCUT2D eigenvalue weighted by molar-refractivity contribution is -0.0701. The third-order valence-corrected chi connectivity index (χ3v) is 8.17. The Morgan fingerprint density at radius 2 is 2.00 bits per heavy atom. The molecule has 0 radical (unpaired) electrons. The Balaban J connectivity index is 1.78. The van der Waals surface area contributed by atoms with Gasteiger partial charge in [0.2, 0.25) is 0 Å². The highest BCUT2D eigenvalue weighted by Crippen LogP contribution is 2.51. The lowest BCUT2D eigenvalue weighted by Crippen LogP contribution is -2.54. The Hall–Kier alpha value is -2.26. The van der Waals surface area contributed by atoms with E-state index in [1.165, 1.54) is 42.5 Å². The van der Waals surface area contributed by atoms with E-state index in [9.17, 15) is 0 Å². The van der Waals surface area contributed by atoms with Crippen molar-refractivity contribution in [3.05, 3.63) is 83.8 Å². The second kappa shape index (κ2) is 10.8. The molecule has 0 bridgehead atoms. The van der Waals surface area contributed by atoms with Crippen LogP contribution in [0.25, 0.3) is 0 Å². The summed E-state index contributed by atoms with van der Waals surface area (Å²) in [6.45, 7) is 20.3. The van der Waals surface area contributed by atoms with Gasteiger partial charge in [-0.25, -0.2) is 5.06 Å². The van der Waals surface area contributed by atoms with Gasteiger partial charge in [0, 0.05) is 36.5 Å². The van der Waals surface area contributed by atoms with Crippen LogP contribution in [-0.2, 0) is 16.7 Å². The Morgan fingerprint density at radius 3 is 2.73 bits per heavy atom. The maximum Gasteiger partial charge on any atom is 0.125 e. The number of rotatable bonds is 10. The normalized spacial score (nSPS) is 24.8. The maximum atomic E-state index is 5.94. The van der Waals surface area contributed by atoms with Crippen molar-refractivity contribution in [2.24, 2.45) is 5.92 Å². The first-order valence-corrected chi connectivity index (χ1v) is 12.6. The maximum absolute atomic E-state index is 5.94. The molecule has 3 atom stereocenters. The third kappa shape index (κ3) is 5.30. The molecule has 3 unspecified atom stereocenters. The molecule has 1 saturated heterocycles. The molecule has 0 aromatic heterocycles. The van der Waals surface area contributed by atoms with Crippen molar-refractivity contribution in [2.75, 3.05) is 20.6 Å². The largest absolute Gasteiger partial charge is 0.385 e. The number of piperidine rings is 1. The minimum atomic E-state index is 0.251. The molecule has 1 aliphatic heterocycles. The van der Waals surface area contributed by atoms with Gasteiger partial charge in [0.05, 0.1) is 0 Å². The van der Waals surface area contributed by atoms with Crippen LogP contribution in [0.15, 0.2) is 61.6 Å². The van der Waals surface area contributed by atoms with E-state index in [0.29, 0.717) is 12.0 Å². The summed E-state index contributed by atoms with van der Waals surface area (Å²) in [5, 5.41) is 1.75. The minimum Gasteiger partial charge on any atom is -0.385 e. The topological polar surface area (TPSA) is 15.7 Å². The zero-order chi connectivity index (χ0) is 24.2. The number of hydrogen-bond donors (Lipinski definition) is 0. The molecule has 3 rings (SSSR count). The molecule has 0 amide bonds. The highest BCUT2D eigenvalue weighted by atomic mass is 16.7. The van der Waals surface area contributed by atoms with Gasteiger partial charge in [-0.15, -0.1) is 6.58 Å². The summed E-state index contributed by atoms with van der Waals surface area (Å²) >= 11 is 0. The highest BCUT2D eigenvalue weighted by Gasteiger charge is 2.48. The van der Waals surface area contributed by atoms with Crippen molar-refractivity contribution in [1.82, 2.24) is 9.96 Å². The number of fused-ring (bicyclic) bond motifs is 1. The summed E-state index contributed by atoms with van der Waals surface area (Å²) in [7, 11) is 4.19. The Labute approximate surface area is 202 Å². The Kier molecular flexibility index (Phi) is 8.28. The molecule has 1 aromatic rings. The summed E-state index contributed by atoms with van der Waals surface area (Å²) < 4.78 is 0. The van der Waals surface area contributed by atoms with Crippen molar-refractivity contribution < 1.29 is 4.84 Å². The van der Waals surface area contributed by atoms with Gasteiger partial charge >= 0.3 is 0 Å². The van der Waals surface area contributed by atoms with Crippen LogP contribution in [0, 0.1) is 19.8 Å². The second-order valence-electron chi connectivity index (χ2n) is 10.2. The molecule has 2 aliphatic rings. The molecule has 3 nitrogen and oxygen atoms in total. The molecular formula is C30H44N2O. The van der Waals surface area contributed by atoms with Crippen LogP contribution in [0.2, 0.25) is 0 Å². The fourth-order valence-electron chi connectivity index (χ4n) is 6.05. The monoisotopic (exact) mass is 448 g/mol. The van der Waals surface area contributed by atoms with E-state index in [1.54, 1.807) is 10.6 Å². The van der Waals surface area contributed by atoms with Crippen molar-refractivity contribution in [3.8, 4) is 0 Å². The van der Waals surface area contributed by atoms with Gasteiger partial charge in [-0.05, 0) is 95.1 Å². The zero-order valence-electron chi connectivity index (χ0n) is 21.6. The average molecular weight is 449 g/mol. The lowest BCUT2D eigenvalue weighted by atomic mass is 9.57. The predicted octanol–water partition coefficient (Wildman–Crippen LogP) is 7.02. The van der Waals surface area contributed by atoms with Crippen LogP contribution in [0.5, 0.6) is 0 Å². The molecule has 0 saturated carbocycles. The molecule has 1 aromatic carbocycles. The fraction of sp³-hybridized carbons (Fsp3) is 0.533. The molecular weight excluding hydrogens is 404 g/mol. The van der Waals surface area contributed by atoms with Crippen LogP contribution in [0.4, 0.5) is 0 Å². The highest BCUT2D eigenvalue weighted by molar-refractivity contribution is 5.47. The third-order valence-electron chi connectivity index (χ3n) is 8.17. The first-order chi connectivity index (χ1) is 15.7. The van der Waals surface area contributed by atoms with E-state index in [-0.39, 0.29) is 5.41 Å². The van der Waals surface area contributed by atoms with E-state index in [1.807, 2.05) is 13.1 Å². The Bertz CT molecular complexity index is 914. The van der Waals surface area contributed by atoms with Gasteiger partial charge in [-0.1, -0.05) is 43.5 Å². The van der Waals surface area contributed by atoms with Gasteiger partial charge in [0.25, 0.3) is 0 Å². The lowest BCUT2D eigenvalue weighted by Gasteiger charge is -2.53. The van der Waals surface area contributed by atoms with Gasteiger partial charge in [-0.3, -0.25) is 0 Å². The SMILES string of the molecule is C=CCCC(=C)N(C)OC(=C)CCc1ccc(C)c(C23CCC=CC2C(C)N(C)CC3)c1C. The molecule has 1 fully saturated rings. The summed E-state index contributed by atoms with van der Waals surface area (Å²) in [5.74, 6) is 1.36. The van der Waals surface area contributed by atoms with Crippen LogP contribution in [-0.4, -0.2) is 36.6 Å². The van der Waals surface area contributed by atoms with E-state index < -0.39 is 0 Å². The van der Waals surface area contributed by atoms with E-state index in [0.717, 1.165) is 37.1 Å². The molecule has 33 heavy (non-hydrogen) atoms. The number of hydroxylamine groups is 2. The van der Waals surface area contributed by atoms with Gasteiger partial charge in [0.1, 0.15) is 5.76 Å². The van der Waals surface area contributed by atoms with E-state index in [2.05, 4.69) is 76.7 Å². The van der Waals surface area contributed by atoms with Crippen LogP contribution in [0.3, 0.4) is 0 Å². The average Bonchev–Trinajstić information content (AvgIpc) is 2.79. The van der Waals surface area contributed by atoms with Crippen molar-refractivity contribution in [3.63, 3.8) is 0 Å². The first-order valence-electron chi connectivity index (χ1n) is 12.6. The summed E-state index contributed by atoms with van der Waals surface area (Å²) in [6, 6.07) is 5.23. The quantitative estimate of drug-likeness (QED) is 0.217. The van der Waals surface area contributed by atoms with Crippen molar-refractivity contribution >= 4 is 0 Å². The zero-order valence-corrected chi connectivity index (χ0v) is 21.6. The number of likely N-dealkylation sites (tertiary alicyclic amines) is 1. The Morgan fingerprint density at radius 1 is 1.24 bits per heavy atom.